The van der Waals surface area contributed by atoms with E-state index in [0.717, 1.165) is 22.3 Å². The first-order valence-corrected chi connectivity index (χ1v) is 7.61. The first-order chi connectivity index (χ1) is 9.00. The van der Waals surface area contributed by atoms with E-state index in [0.29, 0.717) is 12.0 Å². The second-order valence-electron chi connectivity index (χ2n) is 6.05. The number of para-hydroxylation sites is 1. The van der Waals surface area contributed by atoms with Gasteiger partial charge in [-0.1, -0.05) is 44.4 Å². The number of nitrogens with one attached hydrogen (secondary N) is 1. The highest BCUT2D eigenvalue weighted by Gasteiger charge is 2.27. The molecule has 106 valence electrons. The van der Waals surface area contributed by atoms with Gasteiger partial charge in [-0.15, -0.1) is 0 Å². The summed E-state index contributed by atoms with van der Waals surface area (Å²) in [5.41, 5.74) is 2.25. The monoisotopic (exact) mass is 280 g/mol. The van der Waals surface area contributed by atoms with Gasteiger partial charge in [0, 0.05) is 20.1 Å². The van der Waals surface area contributed by atoms with Crippen LogP contribution >= 0.6 is 11.6 Å². The highest BCUT2D eigenvalue weighted by atomic mass is 35.5. The van der Waals surface area contributed by atoms with Gasteiger partial charge in [0.15, 0.2) is 0 Å². The highest BCUT2D eigenvalue weighted by Crippen LogP contribution is 2.36. The van der Waals surface area contributed by atoms with Crippen LogP contribution in [-0.4, -0.2) is 20.1 Å². The van der Waals surface area contributed by atoms with Crippen LogP contribution in [0, 0.1) is 11.8 Å². The van der Waals surface area contributed by atoms with Crippen molar-refractivity contribution >= 4 is 23.0 Å². The average Bonchev–Trinajstić information content (AvgIpc) is 2.34. The molecule has 2 nitrogen and oxygen atoms in total. The molecule has 0 bridgehead atoms. The summed E-state index contributed by atoms with van der Waals surface area (Å²) in [5.74, 6) is 1.51. The molecule has 0 aliphatic heterocycles. The van der Waals surface area contributed by atoms with Crippen LogP contribution in [0.4, 0.5) is 11.4 Å². The normalized spacial score (nSPS) is 27.1. The molecule has 0 amide bonds. The Bertz CT molecular complexity index is 431. The molecule has 0 radical (unpaired) electrons. The molecule has 1 aromatic carbocycles. The van der Waals surface area contributed by atoms with Crippen molar-refractivity contribution in [2.45, 2.75) is 39.2 Å². The van der Waals surface area contributed by atoms with E-state index in [2.05, 4.69) is 30.1 Å². The SMILES string of the molecule is CC1CCCC(Nc2cccc(Cl)c2N(C)C)C1C. The van der Waals surface area contributed by atoms with Crippen LogP contribution < -0.4 is 10.2 Å². The molecule has 3 atom stereocenters. The molecule has 0 heterocycles. The second-order valence-corrected chi connectivity index (χ2v) is 6.46. The molecule has 0 saturated heterocycles. The number of hydrogen-bond acceptors (Lipinski definition) is 2. The third kappa shape index (κ3) is 3.17. The molecule has 19 heavy (non-hydrogen) atoms. The molecule has 1 aliphatic rings. The predicted octanol–water partition coefficient (Wildman–Crippen LogP) is 4.64. The quantitative estimate of drug-likeness (QED) is 0.867. The first-order valence-electron chi connectivity index (χ1n) is 7.23. The van der Waals surface area contributed by atoms with Crippen LogP contribution in [0.5, 0.6) is 0 Å². The number of nitrogens with zero attached hydrogens (tertiary/aromatic N) is 1. The third-order valence-electron chi connectivity index (χ3n) is 4.48. The zero-order chi connectivity index (χ0) is 14.0. The number of benzene rings is 1. The van der Waals surface area contributed by atoms with Crippen molar-refractivity contribution in [2.75, 3.05) is 24.3 Å². The molecule has 1 aromatic rings. The van der Waals surface area contributed by atoms with E-state index in [4.69, 9.17) is 11.6 Å². The minimum atomic E-state index is 0.556. The van der Waals surface area contributed by atoms with Crippen molar-refractivity contribution in [3.63, 3.8) is 0 Å². The lowest BCUT2D eigenvalue weighted by Crippen LogP contribution is -2.35. The van der Waals surface area contributed by atoms with Crippen molar-refractivity contribution in [2.24, 2.45) is 11.8 Å². The molecule has 0 aromatic heterocycles. The van der Waals surface area contributed by atoms with Gasteiger partial charge in [0.05, 0.1) is 16.4 Å². The van der Waals surface area contributed by atoms with Crippen molar-refractivity contribution in [3.8, 4) is 0 Å². The number of hydrogen-bond donors (Lipinski definition) is 1. The molecular weight excluding hydrogens is 256 g/mol. The Hall–Kier alpha value is -0.890. The fraction of sp³-hybridized carbons (Fsp3) is 0.625. The van der Waals surface area contributed by atoms with E-state index >= 15 is 0 Å². The van der Waals surface area contributed by atoms with Gasteiger partial charge in [0.25, 0.3) is 0 Å². The van der Waals surface area contributed by atoms with Gasteiger partial charge in [-0.25, -0.2) is 0 Å². The standard InChI is InChI=1S/C16H25ClN2/c1-11-7-5-9-14(12(11)2)18-15-10-6-8-13(17)16(15)19(3)4/h6,8,10-12,14,18H,5,7,9H2,1-4H3. The summed E-state index contributed by atoms with van der Waals surface area (Å²) in [4.78, 5) is 2.08. The molecule has 3 unspecified atom stereocenters. The molecule has 2 rings (SSSR count). The summed E-state index contributed by atoms with van der Waals surface area (Å²) < 4.78 is 0. The number of halogens is 1. The Kier molecular flexibility index (Phi) is 4.62. The van der Waals surface area contributed by atoms with E-state index in [1.165, 1.54) is 19.3 Å². The van der Waals surface area contributed by atoms with Gasteiger partial charge in [-0.3, -0.25) is 0 Å². The van der Waals surface area contributed by atoms with Gasteiger partial charge in [0.2, 0.25) is 0 Å². The van der Waals surface area contributed by atoms with Crippen molar-refractivity contribution in [3.05, 3.63) is 23.2 Å². The molecule has 1 N–H and O–H groups in total. The summed E-state index contributed by atoms with van der Waals surface area (Å²) in [7, 11) is 4.08. The van der Waals surface area contributed by atoms with Crippen LogP contribution in [0.25, 0.3) is 0 Å². The maximum Gasteiger partial charge on any atom is 0.0786 e. The Labute approximate surface area is 122 Å². The Balaban J connectivity index is 2.21. The van der Waals surface area contributed by atoms with Gasteiger partial charge in [-0.2, -0.15) is 0 Å². The lowest BCUT2D eigenvalue weighted by atomic mass is 9.78. The fourth-order valence-corrected chi connectivity index (χ4v) is 3.42. The van der Waals surface area contributed by atoms with Crippen LogP contribution in [0.15, 0.2) is 18.2 Å². The van der Waals surface area contributed by atoms with E-state index in [1.807, 2.05) is 26.2 Å². The minimum Gasteiger partial charge on any atom is -0.380 e. The first kappa shape index (κ1) is 14.5. The summed E-state index contributed by atoms with van der Waals surface area (Å²) in [6.45, 7) is 4.73. The maximum atomic E-state index is 6.33. The predicted molar refractivity (Wildman–Crippen MR) is 85.4 cm³/mol. The van der Waals surface area contributed by atoms with Crippen molar-refractivity contribution < 1.29 is 0 Å². The molecular formula is C16H25ClN2. The summed E-state index contributed by atoms with van der Waals surface area (Å²) >= 11 is 6.33. The highest BCUT2D eigenvalue weighted by molar-refractivity contribution is 6.34. The minimum absolute atomic E-state index is 0.556. The third-order valence-corrected chi connectivity index (χ3v) is 4.79. The topological polar surface area (TPSA) is 15.3 Å². The maximum absolute atomic E-state index is 6.33. The Morgan fingerprint density at radius 2 is 1.95 bits per heavy atom. The van der Waals surface area contributed by atoms with Crippen LogP contribution in [0.1, 0.15) is 33.1 Å². The zero-order valence-electron chi connectivity index (χ0n) is 12.4. The summed E-state index contributed by atoms with van der Waals surface area (Å²) in [6, 6.07) is 6.66. The van der Waals surface area contributed by atoms with Crippen molar-refractivity contribution in [1.82, 2.24) is 0 Å². The number of rotatable bonds is 3. The molecule has 1 saturated carbocycles. The van der Waals surface area contributed by atoms with Gasteiger partial charge in [0.1, 0.15) is 0 Å². The van der Waals surface area contributed by atoms with Crippen LogP contribution in [-0.2, 0) is 0 Å². The second kappa shape index (κ2) is 6.04. The lowest BCUT2D eigenvalue weighted by Gasteiger charge is -2.36. The van der Waals surface area contributed by atoms with Gasteiger partial charge < -0.3 is 10.2 Å². The van der Waals surface area contributed by atoms with Crippen LogP contribution in [0.2, 0.25) is 5.02 Å². The average molecular weight is 281 g/mol. The zero-order valence-corrected chi connectivity index (χ0v) is 13.2. The van der Waals surface area contributed by atoms with Crippen molar-refractivity contribution in [1.29, 1.82) is 0 Å². The molecule has 1 aliphatic carbocycles. The largest absolute Gasteiger partial charge is 0.380 e. The summed E-state index contributed by atoms with van der Waals surface area (Å²) in [5, 5.41) is 4.54. The molecule has 1 fully saturated rings. The van der Waals surface area contributed by atoms with E-state index in [9.17, 15) is 0 Å². The van der Waals surface area contributed by atoms with E-state index in [1.54, 1.807) is 0 Å². The van der Waals surface area contributed by atoms with E-state index < -0.39 is 0 Å². The van der Waals surface area contributed by atoms with E-state index in [-0.39, 0.29) is 0 Å². The Morgan fingerprint density at radius 3 is 2.63 bits per heavy atom. The number of anilines is 2. The summed E-state index contributed by atoms with van der Waals surface area (Å²) in [6.07, 6.45) is 3.93. The van der Waals surface area contributed by atoms with Gasteiger partial charge >= 0.3 is 0 Å². The molecule has 0 spiro atoms. The van der Waals surface area contributed by atoms with Gasteiger partial charge in [-0.05, 0) is 30.4 Å². The Morgan fingerprint density at radius 1 is 1.21 bits per heavy atom. The van der Waals surface area contributed by atoms with Crippen LogP contribution in [0.3, 0.4) is 0 Å². The lowest BCUT2D eigenvalue weighted by molar-refractivity contribution is 0.253. The smallest absolute Gasteiger partial charge is 0.0786 e. The fourth-order valence-electron chi connectivity index (χ4n) is 3.07. The molecule has 3 heteroatoms.